The Labute approximate surface area is 137 Å². The number of aromatic nitrogens is 5. The van der Waals surface area contributed by atoms with Gasteiger partial charge in [0.05, 0.1) is 0 Å². The molecule has 1 amide bonds. The number of nitrogens with one attached hydrogen (secondary N) is 1. The SMILES string of the molecule is Cc1ccc(-c2nnc(NC(=O)CCCn3cncn3)s2)cc1. The zero-order valence-corrected chi connectivity index (χ0v) is 13.5. The number of benzene rings is 1. The van der Waals surface area contributed by atoms with E-state index in [1.165, 1.54) is 23.2 Å². The number of carbonyl (C=O) groups is 1. The summed E-state index contributed by atoms with van der Waals surface area (Å²) in [6, 6.07) is 8.05. The zero-order valence-electron chi connectivity index (χ0n) is 12.6. The molecular weight excluding hydrogens is 312 g/mol. The molecule has 0 atom stereocenters. The van der Waals surface area contributed by atoms with Gasteiger partial charge in [0.25, 0.3) is 0 Å². The van der Waals surface area contributed by atoms with Crippen LogP contribution in [0.4, 0.5) is 5.13 Å². The van der Waals surface area contributed by atoms with E-state index in [0.717, 1.165) is 10.6 Å². The number of rotatable bonds is 6. The predicted molar refractivity (Wildman–Crippen MR) is 88.0 cm³/mol. The number of hydrogen-bond donors (Lipinski definition) is 1. The number of amides is 1. The molecule has 7 nitrogen and oxygen atoms in total. The molecule has 0 saturated carbocycles. The maximum Gasteiger partial charge on any atom is 0.226 e. The van der Waals surface area contributed by atoms with E-state index < -0.39 is 0 Å². The molecule has 8 heteroatoms. The van der Waals surface area contributed by atoms with Crippen molar-refractivity contribution in [1.82, 2.24) is 25.0 Å². The van der Waals surface area contributed by atoms with E-state index >= 15 is 0 Å². The molecule has 2 aromatic heterocycles. The molecule has 23 heavy (non-hydrogen) atoms. The minimum Gasteiger partial charge on any atom is -0.301 e. The van der Waals surface area contributed by atoms with Gasteiger partial charge in [-0.05, 0) is 13.3 Å². The molecule has 0 aliphatic carbocycles. The molecule has 0 aliphatic rings. The fourth-order valence-electron chi connectivity index (χ4n) is 2.02. The van der Waals surface area contributed by atoms with E-state index in [9.17, 15) is 4.79 Å². The number of nitrogens with zero attached hydrogens (tertiary/aromatic N) is 5. The molecule has 0 spiro atoms. The van der Waals surface area contributed by atoms with Gasteiger partial charge in [0.15, 0.2) is 0 Å². The molecule has 3 rings (SSSR count). The summed E-state index contributed by atoms with van der Waals surface area (Å²) in [5, 5.41) is 16.2. The highest BCUT2D eigenvalue weighted by molar-refractivity contribution is 7.18. The standard InChI is InChI=1S/C15H16N6OS/c1-11-4-6-12(7-5-11)14-19-20-15(23-14)18-13(22)3-2-8-21-10-16-9-17-21/h4-7,9-10H,2-3,8H2,1H3,(H,18,20,22). The molecule has 0 aliphatic heterocycles. The molecule has 2 heterocycles. The van der Waals surface area contributed by atoms with Crippen molar-refractivity contribution in [2.24, 2.45) is 0 Å². The van der Waals surface area contributed by atoms with Crippen LogP contribution in [0.5, 0.6) is 0 Å². The Morgan fingerprint density at radius 2 is 2.09 bits per heavy atom. The van der Waals surface area contributed by atoms with Crippen LogP contribution in [-0.4, -0.2) is 30.9 Å². The Morgan fingerprint density at radius 1 is 1.26 bits per heavy atom. The molecule has 3 aromatic rings. The van der Waals surface area contributed by atoms with E-state index in [-0.39, 0.29) is 5.91 Å². The molecule has 0 saturated heterocycles. The number of hydrogen-bond acceptors (Lipinski definition) is 6. The van der Waals surface area contributed by atoms with Gasteiger partial charge in [0.1, 0.15) is 17.7 Å². The van der Waals surface area contributed by atoms with Crippen molar-refractivity contribution >= 4 is 22.4 Å². The quantitative estimate of drug-likeness (QED) is 0.751. The number of anilines is 1. The van der Waals surface area contributed by atoms with Crippen molar-refractivity contribution in [2.75, 3.05) is 5.32 Å². The van der Waals surface area contributed by atoms with Crippen LogP contribution >= 0.6 is 11.3 Å². The Morgan fingerprint density at radius 3 is 2.83 bits per heavy atom. The average Bonchev–Trinajstić information content (AvgIpc) is 3.20. The molecule has 0 fully saturated rings. The first kappa shape index (κ1) is 15.3. The highest BCUT2D eigenvalue weighted by Gasteiger charge is 2.09. The van der Waals surface area contributed by atoms with Crippen molar-refractivity contribution in [3.8, 4) is 10.6 Å². The van der Waals surface area contributed by atoms with Crippen LogP contribution in [-0.2, 0) is 11.3 Å². The molecule has 0 bridgehead atoms. The van der Waals surface area contributed by atoms with Crippen LogP contribution < -0.4 is 5.32 Å². The minimum atomic E-state index is -0.0725. The summed E-state index contributed by atoms with van der Waals surface area (Å²) in [5.74, 6) is -0.0725. The third-order valence-corrected chi connectivity index (χ3v) is 4.12. The Kier molecular flexibility index (Phi) is 4.72. The molecule has 0 radical (unpaired) electrons. The molecule has 1 aromatic carbocycles. The Bertz CT molecular complexity index is 766. The van der Waals surface area contributed by atoms with Crippen LogP contribution in [0.1, 0.15) is 18.4 Å². The monoisotopic (exact) mass is 328 g/mol. The minimum absolute atomic E-state index is 0.0725. The van der Waals surface area contributed by atoms with Gasteiger partial charge in [-0.3, -0.25) is 9.48 Å². The third-order valence-electron chi connectivity index (χ3n) is 3.23. The summed E-state index contributed by atoms with van der Waals surface area (Å²) < 4.78 is 1.70. The van der Waals surface area contributed by atoms with Crippen molar-refractivity contribution < 1.29 is 4.79 Å². The fourth-order valence-corrected chi connectivity index (χ4v) is 2.78. The third kappa shape index (κ3) is 4.19. The van der Waals surface area contributed by atoms with E-state index in [1.807, 2.05) is 31.2 Å². The molecular formula is C15H16N6OS. The van der Waals surface area contributed by atoms with Gasteiger partial charge in [-0.15, -0.1) is 10.2 Å². The first-order valence-corrected chi connectivity index (χ1v) is 8.05. The number of aryl methyl sites for hydroxylation is 2. The normalized spacial score (nSPS) is 10.7. The fraction of sp³-hybridized carbons (Fsp3) is 0.267. The lowest BCUT2D eigenvalue weighted by Gasteiger charge is -2.01. The molecule has 1 N–H and O–H groups in total. The van der Waals surface area contributed by atoms with E-state index in [4.69, 9.17) is 0 Å². The lowest BCUT2D eigenvalue weighted by molar-refractivity contribution is -0.116. The van der Waals surface area contributed by atoms with Crippen molar-refractivity contribution in [2.45, 2.75) is 26.3 Å². The Hall–Kier alpha value is -2.61. The molecule has 118 valence electrons. The van der Waals surface area contributed by atoms with Crippen LogP contribution in [0.25, 0.3) is 10.6 Å². The summed E-state index contributed by atoms with van der Waals surface area (Å²) in [7, 11) is 0. The van der Waals surface area contributed by atoms with Gasteiger partial charge < -0.3 is 5.32 Å². The van der Waals surface area contributed by atoms with Crippen LogP contribution in [0.15, 0.2) is 36.9 Å². The predicted octanol–water partition coefficient (Wildman–Crippen LogP) is 2.52. The second-order valence-electron chi connectivity index (χ2n) is 5.09. The lowest BCUT2D eigenvalue weighted by Crippen LogP contribution is -2.12. The summed E-state index contributed by atoms with van der Waals surface area (Å²) in [4.78, 5) is 15.8. The second kappa shape index (κ2) is 7.10. The van der Waals surface area contributed by atoms with E-state index in [1.54, 1.807) is 11.0 Å². The van der Waals surface area contributed by atoms with Gasteiger partial charge in [0.2, 0.25) is 11.0 Å². The maximum absolute atomic E-state index is 11.9. The summed E-state index contributed by atoms with van der Waals surface area (Å²) in [6.07, 6.45) is 4.21. The van der Waals surface area contributed by atoms with Crippen LogP contribution in [0.2, 0.25) is 0 Å². The van der Waals surface area contributed by atoms with Crippen molar-refractivity contribution in [1.29, 1.82) is 0 Å². The highest BCUT2D eigenvalue weighted by Crippen LogP contribution is 2.26. The van der Waals surface area contributed by atoms with Crippen molar-refractivity contribution in [3.05, 3.63) is 42.5 Å². The summed E-state index contributed by atoms with van der Waals surface area (Å²) >= 11 is 1.37. The smallest absolute Gasteiger partial charge is 0.226 e. The van der Waals surface area contributed by atoms with E-state index in [2.05, 4.69) is 25.6 Å². The highest BCUT2D eigenvalue weighted by atomic mass is 32.1. The van der Waals surface area contributed by atoms with Crippen molar-refractivity contribution in [3.63, 3.8) is 0 Å². The largest absolute Gasteiger partial charge is 0.301 e. The molecule has 0 unspecified atom stereocenters. The Balaban J connectivity index is 1.52. The first-order valence-electron chi connectivity index (χ1n) is 7.23. The van der Waals surface area contributed by atoms with Crippen LogP contribution in [0.3, 0.4) is 0 Å². The average molecular weight is 328 g/mol. The van der Waals surface area contributed by atoms with Crippen LogP contribution in [0, 0.1) is 6.92 Å². The maximum atomic E-state index is 11.9. The van der Waals surface area contributed by atoms with Gasteiger partial charge >= 0.3 is 0 Å². The lowest BCUT2D eigenvalue weighted by atomic mass is 10.2. The number of carbonyl (C=O) groups excluding carboxylic acids is 1. The van der Waals surface area contributed by atoms with Gasteiger partial charge in [-0.25, -0.2) is 4.98 Å². The van der Waals surface area contributed by atoms with Gasteiger partial charge in [-0.2, -0.15) is 5.10 Å². The topological polar surface area (TPSA) is 85.6 Å². The van der Waals surface area contributed by atoms with Gasteiger partial charge in [-0.1, -0.05) is 41.2 Å². The first-order chi connectivity index (χ1) is 11.2. The van der Waals surface area contributed by atoms with Gasteiger partial charge in [0, 0.05) is 18.5 Å². The van der Waals surface area contributed by atoms with E-state index in [0.29, 0.717) is 24.5 Å². The summed E-state index contributed by atoms with van der Waals surface area (Å²) in [5.41, 5.74) is 2.19. The summed E-state index contributed by atoms with van der Waals surface area (Å²) in [6.45, 7) is 2.70. The second-order valence-corrected chi connectivity index (χ2v) is 6.07. The zero-order chi connectivity index (χ0) is 16.1.